The fourth-order valence-electron chi connectivity index (χ4n) is 4.16. The number of nitrogens with zero attached hydrogens (tertiary/aromatic N) is 1. The molecule has 4 atom stereocenters. The molecule has 2 unspecified atom stereocenters. The zero-order valence-corrected chi connectivity index (χ0v) is 21.1. The Balaban J connectivity index is 1.92. The van der Waals surface area contributed by atoms with Crippen molar-refractivity contribution >= 4 is 66.9 Å². The molecular weight excluding hydrogens is 616 g/mol. The van der Waals surface area contributed by atoms with Crippen LogP contribution in [0.3, 0.4) is 0 Å². The van der Waals surface area contributed by atoms with Crippen LogP contribution in [0.4, 0.5) is 5.69 Å². The highest BCUT2D eigenvalue weighted by Crippen LogP contribution is 2.49. The van der Waals surface area contributed by atoms with Crippen LogP contribution < -0.4 is 4.31 Å². The van der Waals surface area contributed by atoms with Crippen molar-refractivity contribution in [3.8, 4) is 0 Å². The van der Waals surface area contributed by atoms with Crippen molar-refractivity contribution in [1.29, 1.82) is 0 Å². The van der Waals surface area contributed by atoms with Gasteiger partial charge in [-0.15, -0.1) is 0 Å². The molecule has 1 heterocycles. The van der Waals surface area contributed by atoms with Crippen LogP contribution in [0.5, 0.6) is 0 Å². The lowest BCUT2D eigenvalue weighted by atomic mass is 9.91. The lowest BCUT2D eigenvalue weighted by Gasteiger charge is -2.35. The Hall–Kier alpha value is -0.880. The van der Waals surface area contributed by atoms with Gasteiger partial charge in [0.15, 0.2) is 0 Å². The number of hydrogen-bond acceptors (Lipinski definition) is 4. The van der Waals surface area contributed by atoms with E-state index in [4.69, 9.17) is 4.74 Å². The number of fused-ring (bicyclic) bond motifs is 3. The van der Waals surface area contributed by atoms with E-state index in [1.54, 1.807) is 24.3 Å². The lowest BCUT2D eigenvalue weighted by molar-refractivity contribution is -0.147. The summed E-state index contributed by atoms with van der Waals surface area (Å²) in [6.45, 7) is 3.48. The summed E-state index contributed by atoms with van der Waals surface area (Å²) in [5.41, 5.74) is 3.37. The minimum atomic E-state index is -3.92. The van der Waals surface area contributed by atoms with E-state index in [-0.39, 0.29) is 31.3 Å². The number of anilines is 1. The molecule has 154 valence electrons. The van der Waals surface area contributed by atoms with Crippen LogP contribution in [0, 0.1) is 13.8 Å². The Morgan fingerprint density at radius 1 is 1.03 bits per heavy atom. The zero-order chi connectivity index (χ0) is 20.9. The first-order chi connectivity index (χ1) is 13.7. The number of sulfonamides is 1. The van der Waals surface area contributed by atoms with Crippen molar-refractivity contribution in [3.63, 3.8) is 0 Å². The Kier molecular flexibility index (Phi) is 5.88. The topological polar surface area (TPSA) is 63.7 Å². The summed E-state index contributed by atoms with van der Waals surface area (Å²) >= 11 is 4.76. The van der Waals surface area contributed by atoms with Gasteiger partial charge < -0.3 is 4.74 Å². The number of alkyl halides is 2. The van der Waals surface area contributed by atoms with Gasteiger partial charge in [0, 0.05) is 13.8 Å². The highest BCUT2D eigenvalue weighted by atomic mass is 127. The van der Waals surface area contributed by atoms with Gasteiger partial charge in [-0.05, 0) is 43.5 Å². The Bertz CT molecular complexity index is 1050. The second-order valence-corrected chi connectivity index (χ2v) is 12.6. The average Bonchev–Trinajstić information content (AvgIpc) is 2.91. The molecule has 0 amide bonds. The molecule has 1 aliphatic carbocycles. The standard InChI is InChI=1S/C21H21I2NO4S/c1-12-6-8-14(9-7-12)29(26,27)24-11-18(25)28-21-17(23)10-16(22)19(21)15-5-3-4-13(2)20(15)24/h3-9,16-17,19,21H,10-11H2,1-2H3/t16?,17-,19?,21+/m1/s1. The fourth-order valence-corrected chi connectivity index (χ4v) is 9.12. The first kappa shape index (κ1) is 21.4. The van der Waals surface area contributed by atoms with Crippen LogP contribution >= 0.6 is 45.2 Å². The Morgan fingerprint density at radius 3 is 2.41 bits per heavy atom. The molecule has 0 spiro atoms. The number of halogens is 2. The van der Waals surface area contributed by atoms with Gasteiger partial charge in [-0.1, -0.05) is 81.1 Å². The van der Waals surface area contributed by atoms with E-state index in [1.807, 2.05) is 32.0 Å². The first-order valence-electron chi connectivity index (χ1n) is 9.36. The second-order valence-electron chi connectivity index (χ2n) is 7.59. The minimum Gasteiger partial charge on any atom is -0.459 e. The second kappa shape index (κ2) is 7.99. The van der Waals surface area contributed by atoms with Gasteiger partial charge in [-0.3, -0.25) is 9.10 Å². The third-order valence-corrected chi connectivity index (χ3v) is 9.84. The van der Waals surface area contributed by atoms with Gasteiger partial charge in [0.1, 0.15) is 12.6 Å². The first-order valence-corrected chi connectivity index (χ1v) is 13.3. The van der Waals surface area contributed by atoms with Crippen molar-refractivity contribution in [2.45, 2.75) is 45.0 Å². The monoisotopic (exact) mass is 637 g/mol. The predicted octanol–water partition coefficient (Wildman–Crippen LogP) is 4.52. The SMILES string of the molecule is Cc1ccc(S(=O)(=O)N2CC(=O)O[C@@H]3C(c4cccc(C)c42)C(I)C[C@H]3I)cc1. The predicted molar refractivity (Wildman–Crippen MR) is 130 cm³/mol. The van der Waals surface area contributed by atoms with E-state index in [0.717, 1.165) is 23.1 Å². The number of rotatable bonds is 2. The zero-order valence-electron chi connectivity index (χ0n) is 16.0. The highest BCUT2D eigenvalue weighted by molar-refractivity contribution is 14.1. The quantitative estimate of drug-likeness (QED) is 0.276. The molecular formula is C21H21I2NO4S. The number of carbonyl (C=O) groups excluding carboxylic acids is 1. The lowest BCUT2D eigenvalue weighted by Crippen LogP contribution is -2.43. The van der Waals surface area contributed by atoms with E-state index in [9.17, 15) is 13.2 Å². The van der Waals surface area contributed by atoms with Crippen molar-refractivity contribution in [1.82, 2.24) is 0 Å². The Morgan fingerprint density at radius 2 is 1.72 bits per heavy atom. The van der Waals surface area contributed by atoms with Crippen molar-refractivity contribution < 1.29 is 17.9 Å². The van der Waals surface area contributed by atoms with E-state index in [0.29, 0.717) is 5.69 Å². The summed E-state index contributed by atoms with van der Waals surface area (Å²) in [7, 11) is -3.92. The molecule has 0 N–H and O–H groups in total. The summed E-state index contributed by atoms with van der Waals surface area (Å²) in [4.78, 5) is 12.9. The molecule has 1 aliphatic heterocycles. The van der Waals surface area contributed by atoms with Gasteiger partial charge in [0.05, 0.1) is 10.6 Å². The third kappa shape index (κ3) is 3.80. The van der Waals surface area contributed by atoms with E-state index in [1.165, 1.54) is 4.31 Å². The molecule has 1 saturated carbocycles. The number of carbonyl (C=O) groups is 1. The molecule has 0 aromatic heterocycles. The number of benzene rings is 2. The molecule has 8 heteroatoms. The molecule has 0 radical (unpaired) electrons. The highest BCUT2D eigenvalue weighted by Gasteiger charge is 2.48. The maximum Gasteiger partial charge on any atom is 0.327 e. The minimum absolute atomic E-state index is 0.0348. The molecule has 0 bridgehead atoms. The molecule has 2 aromatic carbocycles. The number of hydrogen-bond donors (Lipinski definition) is 0. The van der Waals surface area contributed by atoms with Gasteiger partial charge in [0.25, 0.3) is 10.0 Å². The summed E-state index contributed by atoms with van der Waals surface area (Å²) in [5, 5.41) is 0. The maximum absolute atomic E-state index is 13.6. The molecule has 4 rings (SSSR count). The summed E-state index contributed by atoms with van der Waals surface area (Å²) in [5.74, 6) is -0.538. The van der Waals surface area contributed by atoms with E-state index < -0.39 is 16.0 Å². The van der Waals surface area contributed by atoms with E-state index >= 15 is 0 Å². The van der Waals surface area contributed by atoms with Gasteiger partial charge >= 0.3 is 5.97 Å². The van der Waals surface area contributed by atoms with Crippen LogP contribution in [-0.2, 0) is 19.6 Å². The largest absolute Gasteiger partial charge is 0.459 e. The molecule has 1 fully saturated rings. The van der Waals surface area contributed by atoms with Gasteiger partial charge in [0.2, 0.25) is 0 Å². The van der Waals surface area contributed by atoms with Crippen molar-refractivity contribution in [3.05, 3.63) is 59.2 Å². The summed E-state index contributed by atoms with van der Waals surface area (Å²) in [6.07, 6.45) is 0.678. The third-order valence-electron chi connectivity index (χ3n) is 5.58. The smallest absolute Gasteiger partial charge is 0.327 e. The van der Waals surface area contributed by atoms with Gasteiger partial charge in [-0.2, -0.15) is 0 Å². The molecule has 5 nitrogen and oxygen atoms in total. The molecule has 2 aliphatic rings. The van der Waals surface area contributed by atoms with Crippen molar-refractivity contribution in [2.24, 2.45) is 0 Å². The normalized spacial score (nSPS) is 26.9. The number of para-hydroxylation sites is 1. The fraction of sp³-hybridized carbons (Fsp3) is 0.381. The number of aryl methyl sites for hydroxylation is 2. The van der Waals surface area contributed by atoms with Crippen LogP contribution in [0.1, 0.15) is 29.0 Å². The summed E-state index contributed by atoms with van der Waals surface area (Å²) < 4.78 is 34.7. The van der Waals surface area contributed by atoms with Crippen LogP contribution in [-0.4, -0.2) is 34.9 Å². The number of ether oxygens (including phenoxy) is 1. The molecule has 0 saturated heterocycles. The average molecular weight is 637 g/mol. The van der Waals surface area contributed by atoms with Crippen molar-refractivity contribution in [2.75, 3.05) is 10.8 Å². The molecule has 2 aromatic rings. The van der Waals surface area contributed by atoms with Crippen LogP contribution in [0.15, 0.2) is 47.4 Å². The Labute approximate surface area is 198 Å². The maximum atomic E-state index is 13.6. The van der Waals surface area contributed by atoms with Crippen LogP contribution in [0.25, 0.3) is 0 Å². The molecule has 29 heavy (non-hydrogen) atoms. The van der Waals surface area contributed by atoms with Crippen LogP contribution in [0.2, 0.25) is 0 Å². The van der Waals surface area contributed by atoms with Gasteiger partial charge in [-0.25, -0.2) is 8.42 Å². The summed E-state index contributed by atoms with van der Waals surface area (Å²) in [6, 6.07) is 12.6. The number of esters is 1. The van der Waals surface area contributed by atoms with E-state index in [2.05, 4.69) is 45.2 Å².